The summed E-state index contributed by atoms with van der Waals surface area (Å²) in [6.45, 7) is 4.97. The quantitative estimate of drug-likeness (QED) is 0.166. The van der Waals surface area contributed by atoms with Gasteiger partial charge in [-0.1, -0.05) is 78.4 Å². The van der Waals surface area contributed by atoms with E-state index in [0.29, 0.717) is 54.2 Å². The van der Waals surface area contributed by atoms with Crippen molar-refractivity contribution in [2.24, 2.45) is 23.7 Å². The molecule has 3 aliphatic carbocycles. The number of nitrogens with zero attached hydrogens (tertiary/aromatic N) is 2. The third-order valence-corrected chi connectivity index (χ3v) is 12.5. The molecule has 9 rings (SSSR count). The lowest BCUT2D eigenvalue weighted by atomic mass is 9.44. The molecular formula is C46H42N2O7. The van der Waals surface area contributed by atoms with Gasteiger partial charge in [-0.05, 0) is 84.8 Å². The average Bonchev–Trinajstić information content (AvgIpc) is 3.49. The van der Waals surface area contributed by atoms with E-state index < -0.39 is 35.0 Å². The number of hydrogen-bond donors (Lipinski definition) is 1. The van der Waals surface area contributed by atoms with Crippen LogP contribution in [0.4, 0.5) is 11.4 Å². The number of ketones is 2. The number of fused-ring (bicyclic) bond motifs is 4. The number of phenolic OH excluding ortho intramolecular Hbond substituents is 1. The van der Waals surface area contributed by atoms with Crippen LogP contribution in [0.1, 0.15) is 42.4 Å². The van der Waals surface area contributed by atoms with Gasteiger partial charge >= 0.3 is 0 Å². The first-order valence-corrected chi connectivity index (χ1v) is 19.2. The molecule has 2 amide bonds. The topological polar surface area (TPSA) is 113 Å². The maximum absolute atomic E-state index is 15.3. The molecule has 3 fully saturated rings. The molecule has 5 aliphatic rings. The van der Waals surface area contributed by atoms with Gasteiger partial charge in [0.15, 0.2) is 23.1 Å². The van der Waals surface area contributed by atoms with Crippen molar-refractivity contribution in [2.75, 3.05) is 42.7 Å². The van der Waals surface area contributed by atoms with Crippen molar-refractivity contribution in [1.29, 1.82) is 0 Å². The van der Waals surface area contributed by atoms with Gasteiger partial charge in [0.1, 0.15) is 0 Å². The molecular weight excluding hydrogens is 693 g/mol. The Hall–Kier alpha value is -5.80. The number of carbonyl (C=O) groups excluding carboxylic acids is 4. The summed E-state index contributed by atoms with van der Waals surface area (Å²) in [7, 11) is 0. The number of imide groups is 1. The molecule has 4 aromatic carbocycles. The largest absolute Gasteiger partial charge is 0.504 e. The second-order valence-electron chi connectivity index (χ2n) is 15.1. The summed E-state index contributed by atoms with van der Waals surface area (Å²) in [6, 6.07) is 31.4. The van der Waals surface area contributed by atoms with Gasteiger partial charge in [0.25, 0.3) is 0 Å². The minimum Gasteiger partial charge on any atom is -0.504 e. The highest BCUT2D eigenvalue weighted by molar-refractivity contribution is 6.32. The van der Waals surface area contributed by atoms with Gasteiger partial charge in [-0.15, -0.1) is 0 Å². The number of amides is 2. The Morgan fingerprint density at radius 2 is 1.51 bits per heavy atom. The number of rotatable bonds is 7. The van der Waals surface area contributed by atoms with Gasteiger partial charge in [-0.25, -0.2) is 0 Å². The first kappa shape index (κ1) is 34.9. The minimum atomic E-state index is -1.37. The Balaban J connectivity index is 1.19. The number of ether oxygens (including phenoxy) is 2. The van der Waals surface area contributed by atoms with Gasteiger partial charge in [0.2, 0.25) is 11.8 Å². The molecule has 0 aromatic heterocycles. The van der Waals surface area contributed by atoms with E-state index in [0.717, 1.165) is 24.4 Å². The molecule has 0 radical (unpaired) electrons. The molecule has 0 spiro atoms. The summed E-state index contributed by atoms with van der Waals surface area (Å²) >= 11 is 0. The Bertz CT molecular complexity index is 2240. The summed E-state index contributed by atoms with van der Waals surface area (Å²) in [5.41, 5.74) is 3.41. The SMILES string of the molecule is CCOc1cc(C2C3=CCC4C(=O)N(c5ccc(N6CCOCC6)cc5)C(=O)C4C3CC3C(=O)C(c4ccccc4)=CC(=O)C32c2ccccc2)ccc1O. The monoisotopic (exact) mass is 734 g/mol. The van der Waals surface area contributed by atoms with Crippen molar-refractivity contribution in [1.82, 2.24) is 0 Å². The van der Waals surface area contributed by atoms with Gasteiger partial charge in [0.05, 0.1) is 42.8 Å². The summed E-state index contributed by atoms with van der Waals surface area (Å²) in [5.74, 6) is -4.07. The first-order chi connectivity index (χ1) is 26.8. The molecule has 6 unspecified atom stereocenters. The molecule has 1 saturated carbocycles. The van der Waals surface area contributed by atoms with E-state index in [4.69, 9.17) is 9.47 Å². The summed E-state index contributed by atoms with van der Waals surface area (Å²) < 4.78 is 11.4. The molecule has 278 valence electrons. The number of anilines is 2. The van der Waals surface area contributed by atoms with Gasteiger partial charge in [-0.3, -0.25) is 24.1 Å². The number of phenols is 1. The Morgan fingerprint density at radius 3 is 2.22 bits per heavy atom. The van der Waals surface area contributed by atoms with Crippen LogP contribution in [0, 0.1) is 23.7 Å². The highest BCUT2D eigenvalue weighted by atomic mass is 16.5. The number of morpholine rings is 1. The zero-order valence-corrected chi connectivity index (χ0v) is 30.6. The molecule has 1 N–H and O–H groups in total. The molecule has 6 atom stereocenters. The van der Waals surface area contributed by atoms with Crippen LogP contribution in [0.15, 0.2) is 121 Å². The van der Waals surface area contributed by atoms with Crippen LogP contribution >= 0.6 is 0 Å². The molecule has 2 heterocycles. The van der Waals surface area contributed by atoms with E-state index in [9.17, 15) is 14.7 Å². The Kier molecular flexibility index (Phi) is 8.77. The number of hydrogen-bond acceptors (Lipinski definition) is 8. The van der Waals surface area contributed by atoms with Crippen molar-refractivity contribution in [3.05, 3.63) is 138 Å². The van der Waals surface area contributed by atoms with E-state index >= 15 is 9.59 Å². The second-order valence-corrected chi connectivity index (χ2v) is 15.1. The fourth-order valence-corrected chi connectivity index (χ4v) is 10.1. The van der Waals surface area contributed by atoms with Crippen molar-refractivity contribution in [3.8, 4) is 11.5 Å². The summed E-state index contributed by atoms with van der Waals surface area (Å²) in [4.78, 5) is 63.1. The van der Waals surface area contributed by atoms with Gasteiger partial charge in [-0.2, -0.15) is 0 Å². The fourth-order valence-electron chi connectivity index (χ4n) is 10.1. The summed E-state index contributed by atoms with van der Waals surface area (Å²) in [6.07, 6.45) is 4.09. The lowest BCUT2D eigenvalue weighted by Gasteiger charge is -2.55. The standard InChI is InChI=1S/C46H42N2O7/c1-2-55-39-25-29(13-20-38(39)49)42-33-18-19-34-41(45(53)48(44(34)52)32-16-14-31(15-17-32)47-21-23-54-24-22-47)36(33)26-37-43(51)35(28-9-5-3-6-10-28)27-40(50)46(37,42)30-11-7-4-8-12-30/h3-18,20,25,27,34,36-37,41-42,49H,2,19,21-24,26H2,1H3. The van der Waals surface area contributed by atoms with Crippen LogP contribution in [0.5, 0.6) is 11.5 Å². The number of Topliss-reactive ketones (excluding diaryl/α,β-unsaturated/α-hetero) is 1. The molecule has 9 heteroatoms. The zero-order valence-electron chi connectivity index (χ0n) is 30.6. The van der Waals surface area contributed by atoms with Gasteiger partial charge < -0.3 is 19.5 Å². The van der Waals surface area contributed by atoms with Crippen molar-refractivity contribution in [2.45, 2.75) is 31.1 Å². The highest BCUT2D eigenvalue weighted by Gasteiger charge is 2.66. The molecule has 2 saturated heterocycles. The Morgan fingerprint density at radius 1 is 0.818 bits per heavy atom. The lowest BCUT2D eigenvalue weighted by Crippen LogP contribution is -2.58. The van der Waals surface area contributed by atoms with E-state index in [1.807, 2.05) is 91.9 Å². The maximum atomic E-state index is 15.3. The van der Waals surface area contributed by atoms with E-state index in [2.05, 4.69) is 11.0 Å². The third kappa shape index (κ3) is 5.47. The van der Waals surface area contributed by atoms with Crippen LogP contribution < -0.4 is 14.5 Å². The highest BCUT2D eigenvalue weighted by Crippen LogP contribution is 2.64. The molecule has 4 aromatic rings. The number of carbonyl (C=O) groups is 4. The fraction of sp³-hybridized carbons (Fsp3) is 0.304. The molecule has 55 heavy (non-hydrogen) atoms. The van der Waals surface area contributed by atoms with Crippen LogP contribution in [0.25, 0.3) is 5.57 Å². The smallest absolute Gasteiger partial charge is 0.238 e. The minimum absolute atomic E-state index is 0.0369. The maximum Gasteiger partial charge on any atom is 0.238 e. The molecule has 9 nitrogen and oxygen atoms in total. The predicted molar refractivity (Wildman–Crippen MR) is 208 cm³/mol. The molecule has 2 aliphatic heterocycles. The average molecular weight is 735 g/mol. The van der Waals surface area contributed by atoms with Crippen molar-refractivity contribution in [3.63, 3.8) is 0 Å². The van der Waals surface area contributed by atoms with E-state index in [-0.39, 0.29) is 41.3 Å². The second kappa shape index (κ2) is 13.8. The van der Waals surface area contributed by atoms with Gasteiger partial charge in [0, 0.05) is 36.2 Å². The van der Waals surface area contributed by atoms with Crippen molar-refractivity contribution >= 4 is 40.3 Å². The summed E-state index contributed by atoms with van der Waals surface area (Å²) in [5, 5.41) is 10.8. The molecule has 0 bridgehead atoms. The van der Waals surface area contributed by atoms with Crippen LogP contribution in [0.2, 0.25) is 0 Å². The van der Waals surface area contributed by atoms with Crippen molar-refractivity contribution < 1.29 is 33.8 Å². The number of aromatic hydroxyl groups is 1. The van der Waals surface area contributed by atoms with E-state index in [1.54, 1.807) is 18.2 Å². The predicted octanol–water partition coefficient (Wildman–Crippen LogP) is 6.66. The number of allylic oxidation sites excluding steroid dienone is 4. The van der Waals surface area contributed by atoms with Crippen LogP contribution in [-0.2, 0) is 29.3 Å². The normalized spacial score (nSPS) is 27.5. The van der Waals surface area contributed by atoms with E-state index in [1.165, 1.54) is 11.0 Å². The number of benzene rings is 4. The van der Waals surface area contributed by atoms with Crippen LogP contribution in [0.3, 0.4) is 0 Å². The zero-order chi connectivity index (χ0) is 37.8. The Labute approximate surface area is 319 Å². The lowest BCUT2D eigenvalue weighted by molar-refractivity contribution is -0.135. The van der Waals surface area contributed by atoms with Crippen LogP contribution in [-0.4, -0.2) is 61.4 Å². The third-order valence-electron chi connectivity index (χ3n) is 12.5. The first-order valence-electron chi connectivity index (χ1n) is 19.2.